The van der Waals surface area contributed by atoms with Gasteiger partial charge in [-0.25, -0.2) is 0 Å². The average molecular weight is 280 g/mol. The maximum absolute atomic E-state index is 11.0. The van der Waals surface area contributed by atoms with Crippen molar-refractivity contribution in [2.45, 2.75) is 25.9 Å². The van der Waals surface area contributed by atoms with Crippen LogP contribution in [0.4, 0.5) is 17.1 Å². The Morgan fingerprint density at radius 2 is 2.35 bits per heavy atom. The summed E-state index contributed by atoms with van der Waals surface area (Å²) in [6.45, 7) is 4.28. The number of hydrogen-bond donors (Lipinski definition) is 2. The molecule has 0 aliphatic carbocycles. The molecule has 1 aliphatic rings. The van der Waals surface area contributed by atoms with E-state index in [-0.39, 0.29) is 11.8 Å². The largest absolute Gasteiger partial charge is 0.377 e. The van der Waals surface area contributed by atoms with Crippen molar-refractivity contribution < 1.29 is 9.66 Å². The summed E-state index contributed by atoms with van der Waals surface area (Å²) in [6, 6.07) is 4.82. The lowest BCUT2D eigenvalue weighted by atomic mass is 10.1. The third kappa shape index (κ3) is 3.37. The maximum atomic E-state index is 11.0. The summed E-state index contributed by atoms with van der Waals surface area (Å²) < 4.78 is 5.65. The van der Waals surface area contributed by atoms with Gasteiger partial charge in [0.05, 0.1) is 16.7 Å². The molecule has 1 aliphatic heterocycles. The molecule has 7 nitrogen and oxygen atoms in total. The van der Waals surface area contributed by atoms with E-state index in [1.165, 1.54) is 6.07 Å². The molecule has 1 aromatic carbocycles. The Labute approximate surface area is 117 Å². The first-order valence-corrected chi connectivity index (χ1v) is 6.76. The van der Waals surface area contributed by atoms with Gasteiger partial charge in [-0.05, 0) is 25.8 Å². The SMILES string of the molecule is CCOC1CCCN(c2cc(NN)cc([N+](=O)[O-])c2)C1. The van der Waals surface area contributed by atoms with Crippen LogP contribution >= 0.6 is 0 Å². The molecule has 3 N–H and O–H groups in total. The van der Waals surface area contributed by atoms with E-state index in [0.29, 0.717) is 12.3 Å². The van der Waals surface area contributed by atoms with Crippen molar-refractivity contribution in [1.29, 1.82) is 0 Å². The second-order valence-corrected chi connectivity index (χ2v) is 4.81. The molecule has 0 bridgehead atoms. The van der Waals surface area contributed by atoms with Gasteiger partial charge in [0.1, 0.15) is 0 Å². The number of nitrogens with two attached hydrogens (primary N) is 1. The molecule has 1 saturated heterocycles. The van der Waals surface area contributed by atoms with Gasteiger partial charge < -0.3 is 15.1 Å². The molecule has 1 unspecified atom stereocenters. The molecule has 0 saturated carbocycles. The van der Waals surface area contributed by atoms with Crippen molar-refractivity contribution in [2.24, 2.45) is 5.84 Å². The van der Waals surface area contributed by atoms with Gasteiger partial charge in [-0.15, -0.1) is 0 Å². The molecule has 0 spiro atoms. The highest BCUT2D eigenvalue weighted by Crippen LogP contribution is 2.29. The van der Waals surface area contributed by atoms with E-state index in [1.54, 1.807) is 6.07 Å². The third-order valence-electron chi connectivity index (χ3n) is 3.43. The van der Waals surface area contributed by atoms with Gasteiger partial charge in [-0.2, -0.15) is 0 Å². The molecular weight excluding hydrogens is 260 g/mol. The van der Waals surface area contributed by atoms with Crippen molar-refractivity contribution in [3.8, 4) is 0 Å². The van der Waals surface area contributed by atoms with Crippen molar-refractivity contribution in [2.75, 3.05) is 30.0 Å². The number of nitrogens with zero attached hydrogens (tertiary/aromatic N) is 2. The Morgan fingerprint density at radius 3 is 3.00 bits per heavy atom. The van der Waals surface area contributed by atoms with Crippen molar-refractivity contribution >= 4 is 17.1 Å². The van der Waals surface area contributed by atoms with Crippen LogP contribution in [-0.2, 0) is 4.74 Å². The number of piperidine rings is 1. The van der Waals surface area contributed by atoms with Crippen molar-refractivity contribution in [1.82, 2.24) is 0 Å². The molecule has 0 amide bonds. The van der Waals surface area contributed by atoms with Crippen LogP contribution in [0, 0.1) is 10.1 Å². The Hall–Kier alpha value is -1.86. The Morgan fingerprint density at radius 1 is 1.55 bits per heavy atom. The highest BCUT2D eigenvalue weighted by atomic mass is 16.6. The lowest BCUT2D eigenvalue weighted by Gasteiger charge is -2.34. The van der Waals surface area contributed by atoms with Crippen LogP contribution in [0.2, 0.25) is 0 Å². The van der Waals surface area contributed by atoms with Gasteiger partial charge in [-0.3, -0.25) is 16.0 Å². The number of anilines is 2. The first-order chi connectivity index (χ1) is 9.63. The average Bonchev–Trinajstić information content (AvgIpc) is 2.47. The maximum Gasteiger partial charge on any atom is 0.273 e. The van der Waals surface area contributed by atoms with Gasteiger partial charge in [0, 0.05) is 37.5 Å². The number of nitro groups is 1. The Kier molecular flexibility index (Phi) is 4.75. The summed E-state index contributed by atoms with van der Waals surface area (Å²) in [5, 5.41) is 11.0. The van der Waals surface area contributed by atoms with Crippen LogP contribution in [0.25, 0.3) is 0 Å². The third-order valence-corrected chi connectivity index (χ3v) is 3.43. The molecule has 2 rings (SSSR count). The van der Waals surface area contributed by atoms with E-state index in [4.69, 9.17) is 10.6 Å². The second kappa shape index (κ2) is 6.53. The molecule has 0 aromatic heterocycles. The molecule has 110 valence electrons. The molecule has 0 radical (unpaired) electrons. The zero-order valence-electron chi connectivity index (χ0n) is 11.5. The fourth-order valence-corrected chi connectivity index (χ4v) is 2.51. The van der Waals surface area contributed by atoms with Crippen LogP contribution in [0.3, 0.4) is 0 Å². The number of rotatable bonds is 5. The quantitative estimate of drug-likeness (QED) is 0.486. The Bertz CT molecular complexity index is 479. The van der Waals surface area contributed by atoms with Crippen molar-refractivity contribution in [3.05, 3.63) is 28.3 Å². The van der Waals surface area contributed by atoms with Gasteiger partial charge in [0.2, 0.25) is 0 Å². The van der Waals surface area contributed by atoms with Crippen LogP contribution in [0.1, 0.15) is 19.8 Å². The predicted octanol–water partition coefficient (Wildman–Crippen LogP) is 1.89. The van der Waals surface area contributed by atoms with Crippen LogP contribution in [0.15, 0.2) is 18.2 Å². The Balaban J connectivity index is 2.22. The number of ether oxygens (including phenoxy) is 1. The smallest absolute Gasteiger partial charge is 0.273 e. The van der Waals surface area contributed by atoms with Crippen LogP contribution in [0.5, 0.6) is 0 Å². The van der Waals surface area contributed by atoms with Crippen LogP contribution < -0.4 is 16.2 Å². The van der Waals surface area contributed by atoms with Crippen molar-refractivity contribution in [3.63, 3.8) is 0 Å². The summed E-state index contributed by atoms with van der Waals surface area (Å²) in [4.78, 5) is 12.7. The summed E-state index contributed by atoms with van der Waals surface area (Å²) in [5.41, 5.74) is 3.85. The molecule has 1 atom stereocenters. The number of hydrogen-bond acceptors (Lipinski definition) is 6. The van der Waals surface area contributed by atoms with E-state index in [9.17, 15) is 10.1 Å². The topological polar surface area (TPSA) is 93.7 Å². The van der Waals surface area contributed by atoms with E-state index in [2.05, 4.69) is 10.3 Å². The molecule has 1 aromatic rings. The van der Waals surface area contributed by atoms with E-state index in [1.807, 2.05) is 13.0 Å². The summed E-state index contributed by atoms with van der Waals surface area (Å²) >= 11 is 0. The van der Waals surface area contributed by atoms with E-state index >= 15 is 0 Å². The molecule has 20 heavy (non-hydrogen) atoms. The van der Waals surface area contributed by atoms with Gasteiger partial charge in [-0.1, -0.05) is 0 Å². The van der Waals surface area contributed by atoms with Gasteiger partial charge in [0.25, 0.3) is 5.69 Å². The molecule has 1 fully saturated rings. The first-order valence-electron chi connectivity index (χ1n) is 6.76. The standard InChI is InChI=1S/C13H20N4O3/c1-2-20-13-4-3-5-16(9-13)11-6-10(15-14)7-12(8-11)17(18)19/h6-8,13,15H,2-5,9,14H2,1H3. The van der Waals surface area contributed by atoms with Crippen LogP contribution in [-0.4, -0.2) is 30.7 Å². The number of nitro benzene ring substituents is 1. The van der Waals surface area contributed by atoms with Gasteiger partial charge in [0.15, 0.2) is 0 Å². The predicted molar refractivity (Wildman–Crippen MR) is 77.8 cm³/mol. The van der Waals surface area contributed by atoms with E-state index in [0.717, 1.165) is 31.6 Å². The number of nitrogens with one attached hydrogen (secondary N) is 1. The zero-order chi connectivity index (χ0) is 14.5. The summed E-state index contributed by atoms with van der Waals surface area (Å²) in [5.74, 6) is 5.38. The monoisotopic (exact) mass is 280 g/mol. The van der Waals surface area contributed by atoms with E-state index < -0.39 is 4.92 Å². The number of hydrazine groups is 1. The minimum atomic E-state index is -0.408. The summed E-state index contributed by atoms with van der Waals surface area (Å²) in [6.07, 6.45) is 2.22. The number of nitrogen functional groups attached to an aromatic ring is 1. The molecule has 1 heterocycles. The minimum Gasteiger partial charge on any atom is -0.377 e. The number of benzene rings is 1. The molecule has 7 heteroatoms. The lowest BCUT2D eigenvalue weighted by molar-refractivity contribution is -0.384. The first kappa shape index (κ1) is 14.5. The zero-order valence-corrected chi connectivity index (χ0v) is 11.5. The highest BCUT2D eigenvalue weighted by molar-refractivity contribution is 5.64. The number of non-ortho nitro benzene ring substituents is 1. The fourth-order valence-electron chi connectivity index (χ4n) is 2.51. The second-order valence-electron chi connectivity index (χ2n) is 4.81. The minimum absolute atomic E-state index is 0.0361. The fraction of sp³-hybridized carbons (Fsp3) is 0.538. The lowest BCUT2D eigenvalue weighted by Crippen LogP contribution is -2.39. The normalized spacial score (nSPS) is 18.9. The summed E-state index contributed by atoms with van der Waals surface area (Å²) in [7, 11) is 0. The molecular formula is C13H20N4O3. The van der Waals surface area contributed by atoms with Gasteiger partial charge >= 0.3 is 0 Å². The highest BCUT2D eigenvalue weighted by Gasteiger charge is 2.22.